The first-order valence-electron chi connectivity index (χ1n) is 17.2. The number of hydrogen-bond acceptors (Lipinski definition) is 0. The van der Waals surface area contributed by atoms with Crippen LogP contribution in [-0.4, -0.2) is 0 Å². The average Bonchev–Trinajstić information content (AvgIpc) is 3.67. The zero-order valence-corrected chi connectivity index (χ0v) is 34.5. The van der Waals surface area contributed by atoms with E-state index in [9.17, 15) is 0 Å². The Kier molecular flexibility index (Phi) is 20.9. The third kappa shape index (κ3) is 11.9. The molecule has 256 valence electrons. The van der Waals surface area contributed by atoms with Gasteiger partial charge in [0.1, 0.15) is 0 Å². The maximum Gasteiger partial charge on any atom is 0 e. The molecule has 0 aliphatic rings. The fourth-order valence-electron chi connectivity index (χ4n) is 6.24. The van der Waals surface area contributed by atoms with Gasteiger partial charge in [0.15, 0.2) is 0 Å². The van der Waals surface area contributed by atoms with Crippen LogP contribution in [0.3, 0.4) is 0 Å². The maximum absolute atomic E-state index is 3.38. The van der Waals surface area contributed by atoms with E-state index in [-0.39, 0.29) is 50.7 Å². The van der Waals surface area contributed by atoms with Crippen LogP contribution in [0.5, 0.6) is 0 Å². The molecule has 0 aliphatic carbocycles. The van der Waals surface area contributed by atoms with Gasteiger partial charge in [-0.3, -0.25) is 0 Å². The van der Waals surface area contributed by atoms with Crippen molar-refractivity contribution in [3.05, 3.63) is 145 Å². The monoisotopic (exact) mass is 842 g/mol. The zero-order valence-electron chi connectivity index (χ0n) is 29.4. The Morgan fingerprint density at radius 1 is 0.479 bits per heavy atom. The molecule has 0 fully saturated rings. The van der Waals surface area contributed by atoms with Gasteiger partial charge in [0.2, 0.25) is 0 Å². The van der Waals surface area contributed by atoms with Crippen molar-refractivity contribution in [2.24, 2.45) is 0 Å². The van der Waals surface area contributed by atoms with E-state index >= 15 is 0 Å². The first-order chi connectivity index (χ1) is 22.0. The largest absolute Gasteiger partial charge is 1.00 e. The molecule has 6 aromatic carbocycles. The molecule has 0 aliphatic heterocycles. The standard InChI is InChI=1S/2C21H23.C3H6.2ClH.Hf/c2*1-3-6-16-10-12-18(13-11-16)20-9-5-8-19-14-17(7-4-2)15-21(19)20;1-3-2;;;/h2*5,8-15H,3-4,6-7H2,1-2H3;1-3H2;2*1H;/q2*-1;-2;;;/p-2. The normalized spacial score (nSPS) is 10.1. The quantitative estimate of drug-likeness (QED) is 0.100. The summed E-state index contributed by atoms with van der Waals surface area (Å²) >= 11 is 0. The summed E-state index contributed by atoms with van der Waals surface area (Å²) < 4.78 is 0. The predicted molar refractivity (Wildman–Crippen MR) is 201 cm³/mol. The Morgan fingerprint density at radius 2 is 0.812 bits per heavy atom. The fraction of sp³-hybridized carbons (Fsp3) is 0.289. The number of rotatable bonds is 10. The van der Waals surface area contributed by atoms with Crippen LogP contribution >= 0.6 is 0 Å². The van der Waals surface area contributed by atoms with Crippen LogP contribution in [-0.2, 0) is 51.5 Å². The second-order valence-corrected chi connectivity index (χ2v) is 12.1. The molecular weight excluding hydrogens is 790 g/mol. The first kappa shape index (κ1) is 43.6. The van der Waals surface area contributed by atoms with E-state index in [2.05, 4.69) is 151 Å². The third-order valence-corrected chi connectivity index (χ3v) is 8.31. The summed E-state index contributed by atoms with van der Waals surface area (Å²) in [6.45, 7) is 15.7. The van der Waals surface area contributed by atoms with E-state index < -0.39 is 0 Å². The number of halogens is 2. The molecule has 0 amide bonds. The minimum atomic E-state index is 0. The summed E-state index contributed by atoms with van der Waals surface area (Å²) in [4.78, 5) is 0. The zero-order chi connectivity index (χ0) is 32.0. The van der Waals surface area contributed by atoms with Crippen molar-refractivity contribution in [1.29, 1.82) is 0 Å². The Labute approximate surface area is 323 Å². The van der Waals surface area contributed by atoms with Crippen molar-refractivity contribution < 1.29 is 50.7 Å². The minimum absolute atomic E-state index is 0. The van der Waals surface area contributed by atoms with E-state index in [0.29, 0.717) is 0 Å². The molecule has 0 bridgehead atoms. The number of aryl methyl sites for hydroxylation is 4. The summed E-state index contributed by atoms with van der Waals surface area (Å²) in [7, 11) is 0. The van der Waals surface area contributed by atoms with Crippen LogP contribution in [0, 0.1) is 13.8 Å². The predicted octanol–water partition coefficient (Wildman–Crippen LogP) is 7.31. The second kappa shape index (κ2) is 23.0. The summed E-state index contributed by atoms with van der Waals surface area (Å²) in [5.74, 6) is 0. The van der Waals surface area contributed by atoms with Gasteiger partial charge in [-0.2, -0.15) is 12.1 Å². The molecule has 0 radical (unpaired) electrons. The summed E-state index contributed by atoms with van der Waals surface area (Å²) in [5, 5.41) is 5.52. The fourth-order valence-corrected chi connectivity index (χ4v) is 6.24. The number of hydrogen-bond donors (Lipinski definition) is 0. The van der Waals surface area contributed by atoms with E-state index in [1.54, 1.807) is 0 Å². The van der Waals surface area contributed by atoms with Crippen molar-refractivity contribution >= 4 is 21.5 Å². The van der Waals surface area contributed by atoms with Crippen molar-refractivity contribution in [2.75, 3.05) is 0 Å². The molecule has 0 atom stereocenters. The third-order valence-electron chi connectivity index (χ3n) is 8.31. The molecule has 0 aromatic heterocycles. The molecule has 0 spiro atoms. The number of benzene rings is 4. The summed E-state index contributed by atoms with van der Waals surface area (Å²) in [6, 6.07) is 40.9. The van der Waals surface area contributed by atoms with E-state index in [4.69, 9.17) is 0 Å². The number of fused-ring (bicyclic) bond motifs is 2. The van der Waals surface area contributed by atoms with Gasteiger partial charge in [-0.1, -0.05) is 125 Å². The van der Waals surface area contributed by atoms with E-state index in [1.807, 2.05) is 0 Å². The molecule has 0 N–H and O–H groups in total. The average molecular weight is 842 g/mol. The summed E-state index contributed by atoms with van der Waals surface area (Å²) in [6.07, 6.45) is 10.3. The van der Waals surface area contributed by atoms with Crippen LogP contribution in [0.25, 0.3) is 43.8 Å². The van der Waals surface area contributed by atoms with Gasteiger partial charge in [-0.15, -0.1) is 69.1 Å². The van der Waals surface area contributed by atoms with Gasteiger partial charge in [0, 0.05) is 25.8 Å². The van der Waals surface area contributed by atoms with Crippen molar-refractivity contribution in [3.63, 3.8) is 0 Å². The Bertz CT molecular complexity index is 1590. The topological polar surface area (TPSA) is 0 Å². The molecule has 0 heterocycles. The molecule has 48 heavy (non-hydrogen) atoms. The van der Waals surface area contributed by atoms with Crippen molar-refractivity contribution in [2.45, 2.75) is 85.5 Å². The molecular formula is C45H52Cl2Hf-6. The van der Waals surface area contributed by atoms with Crippen LogP contribution in [0.2, 0.25) is 0 Å². The van der Waals surface area contributed by atoms with Crippen LogP contribution in [0.15, 0.2) is 109 Å². The van der Waals surface area contributed by atoms with Gasteiger partial charge >= 0.3 is 0 Å². The van der Waals surface area contributed by atoms with E-state index in [1.165, 1.54) is 117 Å². The molecule has 3 heteroatoms. The van der Waals surface area contributed by atoms with Gasteiger partial charge < -0.3 is 45.1 Å². The Balaban J connectivity index is 0.000000420. The van der Waals surface area contributed by atoms with Gasteiger partial charge in [-0.05, 0) is 47.9 Å². The Hall–Kier alpha value is -2.45. The molecule has 6 rings (SSSR count). The first-order valence-corrected chi connectivity index (χ1v) is 17.2. The SMILES string of the molecule is CCCc1ccc(-c2cccc3[cH-]c(CCC)cc23)cc1.CCCc1ccc(-c2cccc3[cH-]c(CCC)cc23)cc1.[CH2-]C[CH2-].[Cl-].[Cl-].[Hf]. The van der Waals surface area contributed by atoms with Crippen molar-refractivity contribution in [3.8, 4) is 22.3 Å². The van der Waals surface area contributed by atoms with Gasteiger partial charge in [-0.25, -0.2) is 0 Å². The van der Waals surface area contributed by atoms with Crippen LogP contribution < -0.4 is 24.8 Å². The van der Waals surface area contributed by atoms with Crippen molar-refractivity contribution in [1.82, 2.24) is 0 Å². The maximum atomic E-state index is 3.38. The minimum Gasteiger partial charge on any atom is -1.00 e. The molecule has 6 aromatic rings. The van der Waals surface area contributed by atoms with Gasteiger partial charge in [0.25, 0.3) is 0 Å². The molecule has 0 saturated carbocycles. The molecule has 0 nitrogen and oxygen atoms in total. The van der Waals surface area contributed by atoms with Crippen LogP contribution in [0.1, 0.15) is 82.1 Å². The smallest absolute Gasteiger partial charge is 0 e. The second-order valence-electron chi connectivity index (χ2n) is 12.1. The molecule has 0 saturated heterocycles. The van der Waals surface area contributed by atoms with Crippen LogP contribution in [0.4, 0.5) is 0 Å². The van der Waals surface area contributed by atoms with Gasteiger partial charge in [0.05, 0.1) is 0 Å². The van der Waals surface area contributed by atoms with E-state index in [0.717, 1.165) is 6.42 Å². The summed E-state index contributed by atoms with van der Waals surface area (Å²) in [5.41, 5.74) is 11.2. The molecule has 0 unspecified atom stereocenters. The Morgan fingerprint density at radius 3 is 1.12 bits per heavy atom.